The second kappa shape index (κ2) is 7.98. The van der Waals surface area contributed by atoms with Crippen LogP contribution in [0.4, 0.5) is 0 Å². The number of esters is 2. The van der Waals surface area contributed by atoms with Crippen LogP contribution < -0.4 is 0 Å². The lowest BCUT2D eigenvalue weighted by atomic mass is 9.94. The van der Waals surface area contributed by atoms with Crippen LogP contribution in [0.1, 0.15) is 27.0 Å². The Bertz CT molecular complexity index is 1110. The van der Waals surface area contributed by atoms with Crippen molar-refractivity contribution in [1.29, 1.82) is 0 Å². The van der Waals surface area contributed by atoms with Gasteiger partial charge in [0.1, 0.15) is 5.76 Å². The first-order chi connectivity index (χ1) is 14.2. The molecule has 0 fully saturated rings. The lowest BCUT2D eigenvalue weighted by molar-refractivity contribution is -0.131. The highest BCUT2D eigenvalue weighted by atomic mass is 16.5. The third kappa shape index (κ3) is 3.73. The summed E-state index contributed by atoms with van der Waals surface area (Å²) < 4.78 is 10.4. The van der Waals surface area contributed by atoms with E-state index in [1.54, 1.807) is 30.3 Å². The fourth-order valence-electron chi connectivity index (χ4n) is 3.27. The van der Waals surface area contributed by atoms with Gasteiger partial charge in [0.05, 0.1) is 18.2 Å². The van der Waals surface area contributed by atoms with E-state index in [2.05, 4.69) is 0 Å². The minimum absolute atomic E-state index is 0.382. The predicted octanol–water partition coefficient (Wildman–Crippen LogP) is 4.98. The molecular formula is C25H18O4. The molecule has 0 aliphatic carbocycles. The highest BCUT2D eigenvalue weighted by Crippen LogP contribution is 2.40. The van der Waals surface area contributed by atoms with Crippen LogP contribution in [0.5, 0.6) is 0 Å². The van der Waals surface area contributed by atoms with Crippen LogP contribution in [0.2, 0.25) is 0 Å². The molecule has 1 heterocycles. The summed E-state index contributed by atoms with van der Waals surface area (Å²) in [4.78, 5) is 24.4. The van der Waals surface area contributed by atoms with Crippen molar-refractivity contribution in [1.82, 2.24) is 0 Å². The maximum atomic E-state index is 12.8. The Morgan fingerprint density at radius 1 is 0.793 bits per heavy atom. The zero-order valence-corrected chi connectivity index (χ0v) is 15.8. The van der Waals surface area contributed by atoms with Crippen molar-refractivity contribution in [2.45, 2.75) is 0 Å². The summed E-state index contributed by atoms with van der Waals surface area (Å²) in [6.45, 7) is 0. The van der Waals surface area contributed by atoms with E-state index in [9.17, 15) is 9.59 Å². The van der Waals surface area contributed by atoms with E-state index in [4.69, 9.17) is 9.47 Å². The average Bonchev–Trinajstić information content (AvgIpc) is 3.10. The van der Waals surface area contributed by atoms with E-state index in [0.29, 0.717) is 16.9 Å². The Kier molecular flexibility index (Phi) is 5.08. The molecule has 4 nitrogen and oxygen atoms in total. The quantitative estimate of drug-likeness (QED) is 0.597. The number of ether oxygens (including phenoxy) is 2. The molecule has 1 aliphatic heterocycles. The van der Waals surface area contributed by atoms with Crippen LogP contribution in [0, 0.1) is 0 Å². The molecule has 0 saturated heterocycles. The second-order valence-electron chi connectivity index (χ2n) is 6.49. The van der Waals surface area contributed by atoms with Gasteiger partial charge in [0, 0.05) is 5.57 Å². The van der Waals surface area contributed by atoms with Crippen LogP contribution in [0.15, 0.2) is 90.7 Å². The largest absolute Gasteiger partial charge is 0.465 e. The summed E-state index contributed by atoms with van der Waals surface area (Å²) >= 11 is 0. The molecule has 142 valence electrons. The molecule has 29 heavy (non-hydrogen) atoms. The first-order valence-corrected chi connectivity index (χ1v) is 9.15. The molecule has 0 radical (unpaired) electrons. The molecule has 0 atom stereocenters. The van der Waals surface area contributed by atoms with Crippen molar-refractivity contribution in [3.63, 3.8) is 0 Å². The van der Waals surface area contributed by atoms with Crippen LogP contribution in [-0.4, -0.2) is 19.0 Å². The number of benzene rings is 3. The Morgan fingerprint density at radius 3 is 1.90 bits per heavy atom. The third-order valence-corrected chi connectivity index (χ3v) is 4.66. The topological polar surface area (TPSA) is 52.6 Å². The number of allylic oxidation sites excluding steroid dienone is 1. The molecule has 4 rings (SSSR count). The molecule has 0 saturated carbocycles. The highest BCUT2D eigenvalue weighted by Gasteiger charge is 2.31. The van der Waals surface area contributed by atoms with E-state index < -0.39 is 5.97 Å². The Balaban J connectivity index is 1.83. The maximum absolute atomic E-state index is 12.8. The molecule has 0 N–H and O–H groups in total. The Morgan fingerprint density at radius 2 is 1.34 bits per heavy atom. The smallest absolute Gasteiger partial charge is 0.344 e. The van der Waals surface area contributed by atoms with Gasteiger partial charge in [-0.2, -0.15) is 0 Å². The summed E-state index contributed by atoms with van der Waals surface area (Å²) in [7, 11) is 1.35. The Hall–Kier alpha value is -3.92. The van der Waals surface area contributed by atoms with Crippen LogP contribution in [0.25, 0.3) is 17.2 Å². The lowest BCUT2D eigenvalue weighted by Gasteiger charge is -2.07. The summed E-state index contributed by atoms with van der Waals surface area (Å²) in [6.07, 6.45) is 1.80. The number of hydrogen-bond donors (Lipinski definition) is 0. The molecule has 0 bridgehead atoms. The fourth-order valence-corrected chi connectivity index (χ4v) is 3.27. The van der Waals surface area contributed by atoms with Crippen molar-refractivity contribution in [3.8, 4) is 0 Å². The summed E-state index contributed by atoms with van der Waals surface area (Å²) in [5.74, 6) is -0.300. The summed E-state index contributed by atoms with van der Waals surface area (Å²) in [5, 5.41) is 0. The standard InChI is InChI=1S/C25H18O4/c1-28-24(26)20-14-12-17(13-15-20)16-21-22(18-8-4-2-5-9-18)23(25(27)29-21)19-10-6-3-7-11-19/h2-16H,1H3/b21-16-. The summed E-state index contributed by atoms with van der Waals surface area (Å²) in [6, 6.07) is 26.1. The van der Waals surface area contributed by atoms with Crippen LogP contribution in [-0.2, 0) is 14.3 Å². The average molecular weight is 382 g/mol. The zero-order chi connectivity index (χ0) is 20.2. The van der Waals surface area contributed by atoms with Crippen molar-refractivity contribution in [3.05, 3.63) is 113 Å². The first-order valence-electron chi connectivity index (χ1n) is 9.15. The third-order valence-electron chi connectivity index (χ3n) is 4.66. The van der Waals surface area contributed by atoms with Crippen LogP contribution >= 0.6 is 0 Å². The monoisotopic (exact) mass is 382 g/mol. The van der Waals surface area contributed by atoms with Gasteiger partial charge in [0.25, 0.3) is 0 Å². The number of carbonyl (C=O) groups is 2. The minimum atomic E-state index is -0.396. The molecular weight excluding hydrogens is 364 g/mol. The predicted molar refractivity (Wildman–Crippen MR) is 112 cm³/mol. The van der Waals surface area contributed by atoms with Gasteiger partial charge in [-0.05, 0) is 34.9 Å². The molecule has 0 spiro atoms. The lowest BCUT2D eigenvalue weighted by Crippen LogP contribution is -2.00. The molecule has 3 aromatic rings. The van der Waals surface area contributed by atoms with Crippen LogP contribution in [0.3, 0.4) is 0 Å². The number of cyclic esters (lactones) is 1. The second-order valence-corrected chi connectivity index (χ2v) is 6.49. The first kappa shape index (κ1) is 18.4. The summed E-state index contributed by atoms with van der Waals surface area (Å²) in [5.41, 5.74) is 4.26. The number of methoxy groups -OCH3 is 1. The van der Waals surface area contributed by atoms with Crippen molar-refractivity contribution in [2.75, 3.05) is 7.11 Å². The van der Waals surface area contributed by atoms with Gasteiger partial charge in [0.15, 0.2) is 0 Å². The Labute approximate surface area is 168 Å². The van der Waals surface area contributed by atoms with Gasteiger partial charge >= 0.3 is 11.9 Å². The van der Waals surface area contributed by atoms with Gasteiger partial charge in [-0.15, -0.1) is 0 Å². The zero-order valence-electron chi connectivity index (χ0n) is 15.8. The molecule has 0 unspecified atom stereocenters. The van der Waals surface area contributed by atoms with E-state index in [-0.39, 0.29) is 5.97 Å². The van der Waals surface area contributed by atoms with E-state index >= 15 is 0 Å². The van der Waals surface area contributed by atoms with E-state index in [0.717, 1.165) is 22.3 Å². The molecule has 1 aliphatic rings. The molecule has 0 aromatic heterocycles. The maximum Gasteiger partial charge on any atom is 0.344 e. The van der Waals surface area contributed by atoms with Gasteiger partial charge in [-0.1, -0.05) is 72.8 Å². The van der Waals surface area contributed by atoms with Crippen molar-refractivity contribution < 1.29 is 19.1 Å². The van der Waals surface area contributed by atoms with Crippen molar-refractivity contribution >= 4 is 29.2 Å². The number of carbonyl (C=O) groups excluding carboxylic acids is 2. The van der Waals surface area contributed by atoms with Gasteiger partial charge in [-0.25, -0.2) is 9.59 Å². The molecule has 0 amide bonds. The molecule has 4 heteroatoms. The number of rotatable bonds is 4. The number of hydrogen-bond acceptors (Lipinski definition) is 4. The van der Waals surface area contributed by atoms with E-state index in [1.165, 1.54) is 7.11 Å². The fraction of sp³-hybridized carbons (Fsp3) is 0.0400. The highest BCUT2D eigenvalue weighted by molar-refractivity contribution is 6.30. The SMILES string of the molecule is COC(=O)c1ccc(/C=C2\OC(=O)C(c3ccccc3)=C2c2ccccc2)cc1. The normalized spacial score (nSPS) is 14.8. The molecule has 3 aromatic carbocycles. The van der Waals surface area contributed by atoms with Gasteiger partial charge < -0.3 is 9.47 Å². The van der Waals surface area contributed by atoms with Gasteiger partial charge in [-0.3, -0.25) is 0 Å². The van der Waals surface area contributed by atoms with Crippen molar-refractivity contribution in [2.24, 2.45) is 0 Å². The van der Waals surface area contributed by atoms with Gasteiger partial charge in [0.2, 0.25) is 0 Å². The van der Waals surface area contributed by atoms with E-state index in [1.807, 2.05) is 60.7 Å². The minimum Gasteiger partial charge on any atom is -0.465 e.